The summed E-state index contributed by atoms with van der Waals surface area (Å²) in [4.78, 5) is 23.5. The summed E-state index contributed by atoms with van der Waals surface area (Å²) < 4.78 is 10.4. The number of carbonyl (C=O) groups excluding carboxylic acids is 2. The lowest BCUT2D eigenvalue weighted by Crippen LogP contribution is -2.11. The smallest absolute Gasteiger partial charge is 0.306 e. The number of rotatable bonds is 16. The minimum absolute atomic E-state index is 0.0722. The van der Waals surface area contributed by atoms with Crippen LogP contribution in [0, 0.1) is 6.92 Å². The molecule has 0 aliphatic rings. The van der Waals surface area contributed by atoms with E-state index < -0.39 is 0 Å². The summed E-state index contributed by atoms with van der Waals surface area (Å²) in [6, 6.07) is 7.78. The van der Waals surface area contributed by atoms with Crippen LogP contribution in [-0.2, 0) is 25.7 Å². The van der Waals surface area contributed by atoms with E-state index in [2.05, 4.69) is 6.92 Å². The standard InChI is InChI=1S/C24H38O4/c1-3-4-5-6-7-8-9-10-11-14-19-27-23(25)17-18-24(26)28-20-22-16-13-12-15-21(22)2/h12-13,15-16H,3-11,14,17-20H2,1-2H3. The van der Waals surface area contributed by atoms with Crippen molar-refractivity contribution in [2.45, 2.75) is 97.5 Å². The Morgan fingerprint density at radius 1 is 0.750 bits per heavy atom. The van der Waals surface area contributed by atoms with Gasteiger partial charge in [0.1, 0.15) is 6.61 Å². The minimum atomic E-state index is -0.362. The predicted octanol–water partition coefficient (Wildman–Crippen LogP) is 6.28. The molecule has 0 atom stereocenters. The zero-order chi connectivity index (χ0) is 20.5. The van der Waals surface area contributed by atoms with Crippen molar-refractivity contribution in [1.29, 1.82) is 0 Å². The number of esters is 2. The Balaban J connectivity index is 1.93. The molecule has 1 aromatic carbocycles. The Hall–Kier alpha value is -1.84. The summed E-state index contributed by atoms with van der Waals surface area (Å²) in [6.07, 6.45) is 12.7. The van der Waals surface area contributed by atoms with Gasteiger partial charge in [-0.05, 0) is 24.5 Å². The Bertz CT molecular complexity index is 553. The van der Waals surface area contributed by atoms with Crippen molar-refractivity contribution in [2.24, 2.45) is 0 Å². The molecule has 1 rings (SSSR count). The quantitative estimate of drug-likeness (QED) is 0.246. The van der Waals surface area contributed by atoms with Gasteiger partial charge in [-0.2, -0.15) is 0 Å². The van der Waals surface area contributed by atoms with Crippen molar-refractivity contribution in [1.82, 2.24) is 0 Å². The van der Waals surface area contributed by atoms with Crippen molar-refractivity contribution in [3.63, 3.8) is 0 Å². The summed E-state index contributed by atoms with van der Waals surface area (Å²) in [6.45, 7) is 4.92. The van der Waals surface area contributed by atoms with E-state index in [4.69, 9.17) is 9.47 Å². The third kappa shape index (κ3) is 12.5. The van der Waals surface area contributed by atoms with Gasteiger partial charge in [-0.3, -0.25) is 9.59 Å². The molecule has 4 heteroatoms. The molecule has 0 aromatic heterocycles. The molecule has 0 saturated heterocycles. The molecular weight excluding hydrogens is 352 g/mol. The summed E-state index contributed by atoms with van der Waals surface area (Å²) in [5, 5.41) is 0. The van der Waals surface area contributed by atoms with Crippen LogP contribution in [0.2, 0.25) is 0 Å². The molecule has 0 heterocycles. The number of hydrogen-bond donors (Lipinski definition) is 0. The maximum absolute atomic E-state index is 11.8. The lowest BCUT2D eigenvalue weighted by Gasteiger charge is -2.08. The molecule has 0 amide bonds. The zero-order valence-corrected chi connectivity index (χ0v) is 17.8. The maximum atomic E-state index is 11.8. The van der Waals surface area contributed by atoms with Crippen LogP contribution in [0.4, 0.5) is 0 Å². The van der Waals surface area contributed by atoms with Gasteiger partial charge in [0.25, 0.3) is 0 Å². The fraction of sp³-hybridized carbons (Fsp3) is 0.667. The minimum Gasteiger partial charge on any atom is -0.466 e. The second-order valence-corrected chi connectivity index (χ2v) is 7.49. The fourth-order valence-electron chi connectivity index (χ4n) is 3.05. The van der Waals surface area contributed by atoms with E-state index in [9.17, 15) is 9.59 Å². The van der Waals surface area contributed by atoms with Crippen LogP contribution in [0.1, 0.15) is 95.1 Å². The van der Waals surface area contributed by atoms with E-state index in [1.807, 2.05) is 31.2 Å². The van der Waals surface area contributed by atoms with Crippen LogP contribution in [-0.4, -0.2) is 18.5 Å². The maximum Gasteiger partial charge on any atom is 0.306 e. The van der Waals surface area contributed by atoms with E-state index in [1.54, 1.807) is 0 Å². The molecule has 0 spiro atoms. The fourth-order valence-corrected chi connectivity index (χ4v) is 3.05. The van der Waals surface area contributed by atoms with Crippen molar-refractivity contribution >= 4 is 11.9 Å². The Labute approximate surface area is 171 Å². The van der Waals surface area contributed by atoms with Crippen LogP contribution in [0.25, 0.3) is 0 Å². The third-order valence-corrected chi connectivity index (χ3v) is 4.94. The second-order valence-electron chi connectivity index (χ2n) is 7.49. The number of carbonyl (C=O) groups is 2. The number of benzene rings is 1. The molecule has 0 saturated carbocycles. The van der Waals surface area contributed by atoms with Crippen molar-refractivity contribution < 1.29 is 19.1 Å². The van der Waals surface area contributed by atoms with Crippen molar-refractivity contribution in [3.05, 3.63) is 35.4 Å². The molecule has 4 nitrogen and oxygen atoms in total. The van der Waals surface area contributed by atoms with E-state index in [0.29, 0.717) is 6.61 Å². The average molecular weight is 391 g/mol. The molecule has 0 bridgehead atoms. The molecular formula is C24H38O4. The monoisotopic (exact) mass is 390 g/mol. The van der Waals surface area contributed by atoms with Crippen molar-refractivity contribution in [3.8, 4) is 0 Å². The first-order valence-corrected chi connectivity index (χ1v) is 11.0. The van der Waals surface area contributed by atoms with Crippen molar-refractivity contribution in [2.75, 3.05) is 6.61 Å². The second kappa shape index (κ2) is 16.1. The largest absolute Gasteiger partial charge is 0.466 e. The highest BCUT2D eigenvalue weighted by Crippen LogP contribution is 2.11. The van der Waals surface area contributed by atoms with E-state index >= 15 is 0 Å². The van der Waals surface area contributed by atoms with E-state index in [1.165, 1.54) is 51.4 Å². The molecule has 158 valence electrons. The van der Waals surface area contributed by atoms with Crippen LogP contribution in [0.5, 0.6) is 0 Å². The molecule has 0 aliphatic carbocycles. The van der Waals surface area contributed by atoms with Gasteiger partial charge >= 0.3 is 11.9 Å². The molecule has 0 fully saturated rings. The van der Waals surface area contributed by atoms with Gasteiger partial charge in [0.2, 0.25) is 0 Å². The highest BCUT2D eigenvalue weighted by Gasteiger charge is 2.10. The van der Waals surface area contributed by atoms with Crippen LogP contribution >= 0.6 is 0 Å². The van der Waals surface area contributed by atoms with Gasteiger partial charge in [-0.1, -0.05) is 89.0 Å². The first-order chi connectivity index (χ1) is 13.6. The molecule has 0 unspecified atom stereocenters. The highest BCUT2D eigenvalue weighted by atomic mass is 16.5. The number of unbranched alkanes of at least 4 members (excludes halogenated alkanes) is 9. The molecule has 0 aliphatic heterocycles. The van der Waals surface area contributed by atoms with Crippen LogP contribution in [0.3, 0.4) is 0 Å². The predicted molar refractivity (Wildman–Crippen MR) is 113 cm³/mol. The lowest BCUT2D eigenvalue weighted by molar-refractivity contribution is -0.151. The molecule has 28 heavy (non-hydrogen) atoms. The van der Waals surface area contributed by atoms with Gasteiger partial charge in [-0.15, -0.1) is 0 Å². The first kappa shape index (κ1) is 24.2. The Morgan fingerprint density at radius 3 is 1.89 bits per heavy atom. The topological polar surface area (TPSA) is 52.6 Å². The van der Waals surface area contributed by atoms with Gasteiger partial charge in [0.15, 0.2) is 0 Å². The SMILES string of the molecule is CCCCCCCCCCCCOC(=O)CCC(=O)OCc1ccccc1C. The highest BCUT2D eigenvalue weighted by molar-refractivity contribution is 5.77. The third-order valence-electron chi connectivity index (χ3n) is 4.94. The molecule has 1 aromatic rings. The normalized spacial score (nSPS) is 10.6. The molecule has 0 N–H and O–H groups in total. The number of ether oxygens (including phenoxy) is 2. The summed E-state index contributed by atoms with van der Waals surface area (Å²) in [5.74, 6) is -0.678. The van der Waals surface area contributed by atoms with Gasteiger partial charge < -0.3 is 9.47 Å². The lowest BCUT2D eigenvalue weighted by atomic mass is 10.1. The molecule has 0 radical (unpaired) electrons. The average Bonchev–Trinajstić information content (AvgIpc) is 2.70. The van der Waals surface area contributed by atoms with Crippen LogP contribution in [0.15, 0.2) is 24.3 Å². The number of hydrogen-bond acceptors (Lipinski definition) is 4. The zero-order valence-electron chi connectivity index (χ0n) is 17.8. The summed E-state index contributed by atoms with van der Waals surface area (Å²) in [5.41, 5.74) is 2.07. The van der Waals surface area contributed by atoms with E-state index in [-0.39, 0.29) is 31.4 Å². The van der Waals surface area contributed by atoms with Gasteiger partial charge in [-0.25, -0.2) is 0 Å². The van der Waals surface area contributed by atoms with Gasteiger partial charge in [0, 0.05) is 0 Å². The van der Waals surface area contributed by atoms with E-state index in [0.717, 1.165) is 24.0 Å². The number of aryl methyl sites for hydroxylation is 1. The Kier molecular flexibility index (Phi) is 14.0. The Morgan fingerprint density at radius 2 is 1.29 bits per heavy atom. The summed E-state index contributed by atoms with van der Waals surface area (Å²) >= 11 is 0. The first-order valence-electron chi connectivity index (χ1n) is 11.0. The van der Waals surface area contributed by atoms with Crippen LogP contribution < -0.4 is 0 Å². The summed E-state index contributed by atoms with van der Waals surface area (Å²) in [7, 11) is 0. The van der Waals surface area contributed by atoms with Gasteiger partial charge in [0.05, 0.1) is 19.4 Å².